The first-order valence-electron chi connectivity index (χ1n) is 12.3. The lowest BCUT2D eigenvalue weighted by molar-refractivity contribution is -0.129. The summed E-state index contributed by atoms with van der Waals surface area (Å²) in [5.74, 6) is 0.550. The van der Waals surface area contributed by atoms with Crippen molar-refractivity contribution in [1.29, 1.82) is 0 Å². The molecule has 0 aliphatic heterocycles. The quantitative estimate of drug-likeness (QED) is 0.0793. The van der Waals surface area contributed by atoms with E-state index >= 15 is 0 Å². The summed E-state index contributed by atoms with van der Waals surface area (Å²) in [4.78, 5) is 24.2. The van der Waals surface area contributed by atoms with Crippen LogP contribution in [0.25, 0.3) is 6.08 Å². The van der Waals surface area contributed by atoms with Crippen LogP contribution < -0.4 is 14.9 Å². The van der Waals surface area contributed by atoms with E-state index in [-0.39, 0.29) is 17.4 Å². The van der Waals surface area contributed by atoms with Gasteiger partial charge in [-0.1, -0.05) is 34.6 Å². The Kier molecular flexibility index (Phi) is 10.3. The number of rotatable bonds is 10. The molecule has 0 bridgehead atoms. The van der Waals surface area contributed by atoms with E-state index in [4.69, 9.17) is 13.9 Å². The second-order valence-electron chi connectivity index (χ2n) is 10.8. The summed E-state index contributed by atoms with van der Waals surface area (Å²) < 4.78 is 17.7. The molecule has 1 amide bonds. The van der Waals surface area contributed by atoms with Gasteiger partial charge in [0.2, 0.25) is 0 Å². The van der Waals surface area contributed by atoms with Crippen LogP contribution >= 0.6 is 31.9 Å². The Morgan fingerprint density at radius 3 is 2.28 bits per heavy atom. The number of furan rings is 1. The van der Waals surface area contributed by atoms with Crippen molar-refractivity contribution in [3.8, 4) is 11.5 Å². The minimum atomic E-state index is -0.526. The average molecular weight is 660 g/mol. The summed E-state index contributed by atoms with van der Waals surface area (Å²) in [6.07, 6.45) is 6.82. The number of nitrogens with zero attached hydrogens (tertiary/aromatic N) is 1. The maximum Gasteiger partial charge on any atom is 0.336 e. The number of nitrogens with one attached hydrogen (secondary N) is 1. The minimum Gasteiger partial charge on any atom is -0.481 e. The predicted octanol–water partition coefficient (Wildman–Crippen LogP) is 7.67. The maximum atomic E-state index is 12.3. The zero-order chi connectivity index (χ0) is 28.6. The van der Waals surface area contributed by atoms with Crippen LogP contribution in [0.4, 0.5) is 0 Å². The van der Waals surface area contributed by atoms with Crippen LogP contribution in [0.1, 0.15) is 57.9 Å². The van der Waals surface area contributed by atoms with Crippen LogP contribution in [0.2, 0.25) is 0 Å². The van der Waals surface area contributed by atoms with E-state index in [2.05, 4.69) is 77.0 Å². The van der Waals surface area contributed by atoms with Gasteiger partial charge in [0.1, 0.15) is 17.3 Å². The van der Waals surface area contributed by atoms with E-state index in [1.807, 2.05) is 12.1 Å². The highest BCUT2D eigenvalue weighted by molar-refractivity contribution is 9.11. The lowest BCUT2D eigenvalue weighted by atomic mass is 9.72. The SMILES string of the molecule is CC(C)(C)CC(C)(C)c1cc(Br)c(OCC(=O)NN=Cc2ccc(OC(=O)/C=C/c3ccco3)cc2)c(Br)c1. The Labute approximate surface area is 245 Å². The van der Waals surface area contributed by atoms with Crippen LogP contribution in [0.15, 0.2) is 79.3 Å². The van der Waals surface area contributed by atoms with E-state index in [1.165, 1.54) is 30.2 Å². The van der Waals surface area contributed by atoms with Gasteiger partial charge in [-0.15, -0.1) is 0 Å². The number of carbonyl (C=O) groups excluding carboxylic acids is 2. The third kappa shape index (κ3) is 9.82. The molecule has 1 N–H and O–H groups in total. The van der Waals surface area contributed by atoms with E-state index in [0.717, 1.165) is 15.4 Å². The van der Waals surface area contributed by atoms with Crippen molar-refractivity contribution in [2.24, 2.45) is 10.5 Å². The number of esters is 1. The zero-order valence-electron chi connectivity index (χ0n) is 22.6. The topological polar surface area (TPSA) is 90.1 Å². The molecule has 3 aromatic rings. The molecule has 1 heterocycles. The van der Waals surface area contributed by atoms with Crippen LogP contribution in [-0.2, 0) is 15.0 Å². The number of hydrazone groups is 1. The summed E-state index contributed by atoms with van der Waals surface area (Å²) in [5.41, 5.74) is 4.48. The summed E-state index contributed by atoms with van der Waals surface area (Å²) >= 11 is 7.17. The molecule has 0 spiro atoms. The predicted molar refractivity (Wildman–Crippen MR) is 160 cm³/mol. The molecule has 39 heavy (non-hydrogen) atoms. The Balaban J connectivity index is 1.49. The van der Waals surface area contributed by atoms with Crippen molar-refractivity contribution in [1.82, 2.24) is 5.43 Å². The molecule has 0 fully saturated rings. The molecule has 7 nitrogen and oxygen atoms in total. The number of amides is 1. The summed E-state index contributed by atoms with van der Waals surface area (Å²) in [6, 6.07) is 14.2. The Bertz CT molecular complexity index is 1320. The Morgan fingerprint density at radius 2 is 1.69 bits per heavy atom. The minimum absolute atomic E-state index is 0.0365. The average Bonchev–Trinajstić information content (AvgIpc) is 3.35. The van der Waals surface area contributed by atoms with E-state index in [0.29, 0.717) is 22.8 Å². The van der Waals surface area contributed by atoms with Crippen LogP contribution in [0.3, 0.4) is 0 Å². The van der Waals surface area contributed by atoms with Gasteiger partial charge >= 0.3 is 5.97 Å². The summed E-state index contributed by atoms with van der Waals surface area (Å²) in [7, 11) is 0. The van der Waals surface area contributed by atoms with Crippen molar-refractivity contribution >= 4 is 56.0 Å². The molecule has 0 saturated carbocycles. The fraction of sp³-hybridized carbons (Fsp3) is 0.300. The molecule has 0 radical (unpaired) electrons. The van der Waals surface area contributed by atoms with Crippen LogP contribution in [0.5, 0.6) is 11.5 Å². The highest BCUT2D eigenvalue weighted by atomic mass is 79.9. The highest BCUT2D eigenvalue weighted by Gasteiger charge is 2.28. The van der Waals surface area contributed by atoms with Crippen LogP contribution in [-0.4, -0.2) is 24.7 Å². The van der Waals surface area contributed by atoms with Gasteiger partial charge in [0.25, 0.3) is 5.91 Å². The van der Waals surface area contributed by atoms with Gasteiger partial charge in [0, 0.05) is 6.08 Å². The fourth-order valence-corrected chi connectivity index (χ4v) is 5.59. The summed E-state index contributed by atoms with van der Waals surface area (Å²) in [5, 5.41) is 3.97. The van der Waals surface area contributed by atoms with Crippen LogP contribution in [0, 0.1) is 5.41 Å². The lowest BCUT2D eigenvalue weighted by Gasteiger charge is -2.33. The van der Waals surface area contributed by atoms with Gasteiger partial charge in [-0.25, -0.2) is 10.2 Å². The third-order valence-corrected chi connectivity index (χ3v) is 6.71. The molecule has 0 aliphatic rings. The Hall–Kier alpha value is -3.17. The standard InChI is InChI=1S/C30H32Br2N2O5/c1-29(2,3)19-30(4,5)21-15-24(31)28(25(32)16-21)38-18-26(35)34-33-17-20-8-10-23(11-9-20)39-27(36)13-12-22-7-6-14-37-22/h6-17H,18-19H2,1-5H3,(H,34,35)/b13-12+,33-17?. The summed E-state index contributed by atoms with van der Waals surface area (Å²) in [6.45, 7) is 10.9. The third-order valence-electron chi connectivity index (χ3n) is 5.53. The number of benzene rings is 2. The molecule has 1 aromatic heterocycles. The molecule has 0 saturated heterocycles. The van der Waals surface area contributed by atoms with Crippen molar-refractivity contribution in [3.63, 3.8) is 0 Å². The van der Waals surface area contributed by atoms with Gasteiger partial charge in [-0.2, -0.15) is 5.10 Å². The number of halogens is 2. The highest BCUT2D eigenvalue weighted by Crippen LogP contribution is 2.42. The first-order chi connectivity index (χ1) is 18.3. The molecule has 0 aliphatic carbocycles. The largest absolute Gasteiger partial charge is 0.481 e. The maximum absolute atomic E-state index is 12.3. The Morgan fingerprint density at radius 1 is 1.03 bits per heavy atom. The van der Waals surface area contributed by atoms with Crippen molar-refractivity contribution < 1.29 is 23.5 Å². The molecular formula is C30H32Br2N2O5. The lowest BCUT2D eigenvalue weighted by Crippen LogP contribution is -2.26. The molecule has 0 unspecified atom stereocenters. The first-order valence-corrected chi connectivity index (χ1v) is 13.9. The van der Waals surface area contributed by atoms with E-state index in [1.54, 1.807) is 36.4 Å². The van der Waals surface area contributed by atoms with Gasteiger partial charge in [-0.05, 0) is 115 Å². The molecule has 9 heteroatoms. The van der Waals surface area contributed by atoms with Crippen molar-refractivity contribution in [2.75, 3.05) is 6.61 Å². The van der Waals surface area contributed by atoms with Gasteiger partial charge in [0.05, 0.1) is 21.4 Å². The molecule has 2 aromatic carbocycles. The number of ether oxygens (including phenoxy) is 2. The van der Waals surface area contributed by atoms with Crippen molar-refractivity contribution in [2.45, 2.75) is 46.5 Å². The molecule has 3 rings (SSSR count). The monoisotopic (exact) mass is 658 g/mol. The van der Waals surface area contributed by atoms with E-state index in [9.17, 15) is 9.59 Å². The fourth-order valence-electron chi connectivity index (χ4n) is 4.17. The number of hydrogen-bond acceptors (Lipinski definition) is 6. The zero-order valence-corrected chi connectivity index (χ0v) is 25.8. The van der Waals surface area contributed by atoms with Gasteiger partial charge in [-0.3, -0.25) is 4.79 Å². The molecular weight excluding hydrogens is 628 g/mol. The van der Waals surface area contributed by atoms with Crippen molar-refractivity contribution in [3.05, 3.63) is 86.7 Å². The molecule has 0 atom stereocenters. The van der Waals surface area contributed by atoms with E-state index < -0.39 is 11.9 Å². The van der Waals surface area contributed by atoms with Gasteiger partial charge in [0.15, 0.2) is 6.61 Å². The number of hydrogen-bond donors (Lipinski definition) is 1. The molecule has 206 valence electrons. The first kappa shape index (κ1) is 30.4. The second kappa shape index (κ2) is 13.3. The smallest absolute Gasteiger partial charge is 0.336 e. The normalized spacial score (nSPS) is 12.2. The van der Waals surface area contributed by atoms with Gasteiger partial charge < -0.3 is 13.9 Å². The number of carbonyl (C=O) groups is 2. The second-order valence-corrected chi connectivity index (χ2v) is 12.5.